The van der Waals surface area contributed by atoms with E-state index in [4.69, 9.17) is 9.73 Å². The van der Waals surface area contributed by atoms with Crippen molar-refractivity contribution >= 4 is 17.4 Å². The van der Waals surface area contributed by atoms with Gasteiger partial charge in [0, 0.05) is 30.9 Å². The molecule has 1 atom stereocenters. The van der Waals surface area contributed by atoms with Crippen molar-refractivity contribution in [2.75, 3.05) is 25.5 Å². The van der Waals surface area contributed by atoms with Gasteiger partial charge < -0.3 is 15.0 Å². The molecule has 0 saturated carbocycles. The number of rotatable bonds is 2. The van der Waals surface area contributed by atoms with Gasteiger partial charge >= 0.3 is 0 Å². The van der Waals surface area contributed by atoms with Crippen LogP contribution >= 0.6 is 0 Å². The monoisotopic (exact) mass is 424 g/mol. The number of nitrogens with one attached hydrogen (secondary N) is 2. The number of hydrogen-bond donors (Lipinski definition) is 2. The van der Waals surface area contributed by atoms with Gasteiger partial charge in [-0.05, 0) is 57.0 Å². The molecule has 0 aliphatic carbocycles. The molecule has 7 heteroatoms. The summed E-state index contributed by atoms with van der Waals surface area (Å²) < 4.78 is 19.1. The van der Waals surface area contributed by atoms with Crippen molar-refractivity contribution in [3.05, 3.63) is 59.4 Å². The highest BCUT2D eigenvalue weighted by Gasteiger charge is 2.46. The normalized spacial score (nSPS) is 22.2. The second-order valence-electron chi connectivity index (χ2n) is 9.18. The van der Waals surface area contributed by atoms with Crippen LogP contribution in [0.5, 0.6) is 5.75 Å². The summed E-state index contributed by atoms with van der Waals surface area (Å²) in [5.41, 5.74) is 1.72. The highest BCUT2D eigenvalue weighted by atomic mass is 19.1. The van der Waals surface area contributed by atoms with Crippen LogP contribution in [0.2, 0.25) is 0 Å². The summed E-state index contributed by atoms with van der Waals surface area (Å²) in [6.45, 7) is 7.86. The van der Waals surface area contributed by atoms with Gasteiger partial charge in [0.2, 0.25) is 0 Å². The first kappa shape index (κ1) is 21.3. The second-order valence-corrected chi connectivity index (χ2v) is 9.18. The van der Waals surface area contributed by atoms with Crippen molar-refractivity contribution in [3.63, 3.8) is 0 Å². The third-order valence-electron chi connectivity index (χ3n) is 5.74. The number of amidine groups is 1. The van der Waals surface area contributed by atoms with Gasteiger partial charge in [0.05, 0.1) is 18.2 Å². The number of carbonyl (C=O) groups is 1. The number of fused-ring (bicyclic) bond motifs is 1. The summed E-state index contributed by atoms with van der Waals surface area (Å²) in [4.78, 5) is 19.9. The summed E-state index contributed by atoms with van der Waals surface area (Å²) in [7, 11) is 1.41. The zero-order valence-electron chi connectivity index (χ0n) is 18.5. The molecule has 2 aromatic rings. The van der Waals surface area contributed by atoms with Crippen LogP contribution < -0.4 is 15.4 Å². The van der Waals surface area contributed by atoms with Crippen molar-refractivity contribution in [2.45, 2.75) is 44.8 Å². The zero-order chi connectivity index (χ0) is 22.2. The number of benzene rings is 2. The number of methoxy groups -OCH3 is 1. The topological polar surface area (TPSA) is 66.0 Å². The largest absolute Gasteiger partial charge is 0.494 e. The van der Waals surface area contributed by atoms with E-state index >= 15 is 0 Å². The molecule has 2 aliphatic heterocycles. The average molecular weight is 425 g/mol. The number of likely N-dealkylation sites (tertiary alicyclic amines) is 1. The maximum Gasteiger partial charge on any atom is 0.254 e. The lowest BCUT2D eigenvalue weighted by Crippen LogP contribution is -2.56. The first-order valence-electron chi connectivity index (χ1n) is 10.5. The molecule has 0 aromatic heterocycles. The van der Waals surface area contributed by atoms with E-state index < -0.39 is 11.4 Å². The molecular formula is C24H29FN4O2. The highest BCUT2D eigenvalue weighted by Crippen LogP contribution is 2.32. The number of hydrogen-bond acceptors (Lipinski definition) is 4. The maximum atomic E-state index is 14.2. The number of aliphatic imine (C=N–C) groups is 1. The van der Waals surface area contributed by atoms with Crippen molar-refractivity contribution in [1.82, 2.24) is 10.2 Å². The molecule has 6 nitrogen and oxygen atoms in total. The predicted molar refractivity (Wildman–Crippen MR) is 120 cm³/mol. The van der Waals surface area contributed by atoms with Crippen LogP contribution in [0.4, 0.5) is 10.1 Å². The van der Waals surface area contributed by atoms with E-state index in [1.54, 1.807) is 11.0 Å². The quantitative estimate of drug-likeness (QED) is 0.769. The number of amides is 1. The summed E-state index contributed by atoms with van der Waals surface area (Å²) in [5, 5.41) is 7.22. The Hall–Kier alpha value is -2.93. The summed E-state index contributed by atoms with van der Waals surface area (Å²) in [6.07, 6.45) is 0.716. The van der Waals surface area contributed by atoms with Crippen molar-refractivity contribution in [2.24, 2.45) is 4.99 Å². The van der Waals surface area contributed by atoms with Gasteiger partial charge in [0.1, 0.15) is 5.84 Å². The SMILES string of the molecule is COc1ccc(C(=O)N2CC[C@@]3(C2)NCc2ccccc2NC3=NC(C)(C)C)cc1F. The fourth-order valence-electron chi connectivity index (χ4n) is 4.16. The first-order valence-corrected chi connectivity index (χ1v) is 10.5. The van der Waals surface area contributed by atoms with E-state index in [0.717, 1.165) is 17.1 Å². The third kappa shape index (κ3) is 4.28. The standard InChI is InChI=1S/C24H29FN4O2/c1-23(2,3)28-22-24(26-14-17-7-5-6-8-19(17)27-22)11-12-29(15-24)21(30)16-9-10-20(31-4)18(25)13-16/h5-10,13,26H,11-12,14-15H2,1-4H3,(H,27,28)/t24-/m0/s1. The highest BCUT2D eigenvalue weighted by molar-refractivity contribution is 6.05. The minimum atomic E-state index is -0.540. The van der Waals surface area contributed by atoms with Gasteiger partial charge in [-0.1, -0.05) is 18.2 Å². The predicted octanol–water partition coefficient (Wildman–Crippen LogP) is 3.83. The third-order valence-corrected chi connectivity index (χ3v) is 5.74. The van der Waals surface area contributed by atoms with Gasteiger partial charge in [-0.15, -0.1) is 0 Å². The molecule has 1 spiro atoms. The fraction of sp³-hybridized carbons (Fsp3) is 0.417. The van der Waals surface area contributed by atoms with E-state index in [-0.39, 0.29) is 17.2 Å². The number of nitrogens with zero attached hydrogens (tertiary/aromatic N) is 2. The lowest BCUT2D eigenvalue weighted by molar-refractivity contribution is 0.0785. The number of anilines is 1. The summed E-state index contributed by atoms with van der Waals surface area (Å²) >= 11 is 0. The maximum absolute atomic E-state index is 14.2. The molecule has 1 amide bonds. The van der Waals surface area contributed by atoms with E-state index in [0.29, 0.717) is 31.6 Å². The number of halogens is 1. The van der Waals surface area contributed by atoms with Crippen LogP contribution in [0.25, 0.3) is 0 Å². The Labute approximate surface area is 182 Å². The average Bonchev–Trinajstić information content (AvgIpc) is 3.10. The van der Waals surface area contributed by atoms with Gasteiger partial charge in [-0.3, -0.25) is 15.1 Å². The van der Waals surface area contributed by atoms with Crippen LogP contribution in [0.1, 0.15) is 43.1 Å². The number of ether oxygens (including phenoxy) is 1. The molecule has 2 aromatic carbocycles. The molecule has 1 saturated heterocycles. The molecule has 0 radical (unpaired) electrons. The van der Waals surface area contributed by atoms with Gasteiger partial charge in [0.15, 0.2) is 11.6 Å². The summed E-state index contributed by atoms with van der Waals surface area (Å²) in [6, 6.07) is 12.5. The van der Waals surface area contributed by atoms with Crippen LogP contribution in [0.3, 0.4) is 0 Å². The lowest BCUT2D eigenvalue weighted by atomic mass is 9.95. The smallest absolute Gasteiger partial charge is 0.254 e. The molecule has 2 aliphatic rings. The van der Waals surface area contributed by atoms with Crippen molar-refractivity contribution < 1.29 is 13.9 Å². The second kappa shape index (κ2) is 7.96. The Morgan fingerprint density at radius 1 is 1.23 bits per heavy atom. The Morgan fingerprint density at radius 3 is 2.71 bits per heavy atom. The van der Waals surface area contributed by atoms with Gasteiger partial charge in [-0.2, -0.15) is 0 Å². The molecule has 31 heavy (non-hydrogen) atoms. The van der Waals surface area contributed by atoms with Gasteiger partial charge in [-0.25, -0.2) is 4.39 Å². The van der Waals surface area contributed by atoms with Crippen molar-refractivity contribution in [3.8, 4) is 5.75 Å². The number of para-hydroxylation sites is 1. The molecule has 2 heterocycles. The van der Waals surface area contributed by atoms with Crippen LogP contribution in [-0.4, -0.2) is 47.9 Å². The van der Waals surface area contributed by atoms with E-state index in [1.807, 2.05) is 18.2 Å². The molecule has 0 bridgehead atoms. The minimum absolute atomic E-state index is 0.126. The lowest BCUT2D eigenvalue weighted by Gasteiger charge is -2.32. The minimum Gasteiger partial charge on any atom is -0.494 e. The Kier molecular flexibility index (Phi) is 5.47. The number of carbonyl (C=O) groups excluding carboxylic acids is 1. The molecule has 164 valence electrons. The fourth-order valence-corrected chi connectivity index (χ4v) is 4.16. The van der Waals surface area contributed by atoms with E-state index in [1.165, 1.54) is 19.2 Å². The summed E-state index contributed by atoms with van der Waals surface area (Å²) in [5.74, 6) is 0.224. The van der Waals surface area contributed by atoms with Crippen LogP contribution in [0.15, 0.2) is 47.5 Å². The molecular weight excluding hydrogens is 395 g/mol. The van der Waals surface area contributed by atoms with Crippen molar-refractivity contribution in [1.29, 1.82) is 0 Å². The van der Waals surface area contributed by atoms with Gasteiger partial charge in [0.25, 0.3) is 5.91 Å². The van der Waals surface area contributed by atoms with E-state index in [2.05, 4.69) is 37.5 Å². The Morgan fingerprint density at radius 2 is 2.00 bits per heavy atom. The first-order chi connectivity index (χ1) is 14.7. The molecule has 0 unspecified atom stereocenters. The zero-order valence-corrected chi connectivity index (χ0v) is 18.5. The molecule has 2 N–H and O–H groups in total. The van der Waals surface area contributed by atoms with Crippen LogP contribution in [-0.2, 0) is 6.54 Å². The Balaban J connectivity index is 1.64. The molecule has 1 fully saturated rings. The molecule has 4 rings (SSSR count). The van der Waals surface area contributed by atoms with Crippen LogP contribution in [0, 0.1) is 5.82 Å². The Bertz CT molecular complexity index is 1030. The van der Waals surface area contributed by atoms with E-state index in [9.17, 15) is 9.18 Å².